The number of piperazine rings is 1. The highest BCUT2D eigenvalue weighted by Crippen LogP contribution is 2.36. The fourth-order valence-corrected chi connectivity index (χ4v) is 5.39. The first-order valence-electron chi connectivity index (χ1n) is 13.0. The van der Waals surface area contributed by atoms with Crippen molar-refractivity contribution in [1.82, 2.24) is 19.4 Å². The minimum atomic E-state index is -0.0514. The molecule has 1 saturated carbocycles. The third-order valence-electron chi connectivity index (χ3n) is 7.50. The highest BCUT2D eigenvalue weighted by atomic mass is 16.2. The second-order valence-corrected chi connectivity index (χ2v) is 10.4. The normalized spacial score (nSPS) is 17.6. The zero-order valence-electron chi connectivity index (χ0n) is 21.9. The van der Waals surface area contributed by atoms with Gasteiger partial charge < -0.3 is 14.8 Å². The van der Waals surface area contributed by atoms with Gasteiger partial charge in [-0.25, -0.2) is 9.97 Å². The molecule has 0 unspecified atom stereocenters. The maximum atomic E-state index is 13.1. The molecule has 8 nitrogen and oxygen atoms in total. The third kappa shape index (κ3) is 5.51. The van der Waals surface area contributed by atoms with Crippen LogP contribution in [0.25, 0.3) is 0 Å². The first kappa shape index (κ1) is 25.2. The number of rotatable bonds is 6. The van der Waals surface area contributed by atoms with Gasteiger partial charge in [-0.2, -0.15) is 5.26 Å². The summed E-state index contributed by atoms with van der Waals surface area (Å²) in [5.74, 6) is 2.78. The number of nitrogens with one attached hydrogen (secondary N) is 1. The number of amides is 1. The van der Waals surface area contributed by atoms with Crippen molar-refractivity contribution < 1.29 is 4.79 Å². The van der Waals surface area contributed by atoms with Gasteiger partial charge in [-0.1, -0.05) is 33.1 Å². The van der Waals surface area contributed by atoms with E-state index in [1.807, 2.05) is 19.9 Å². The Kier molecular flexibility index (Phi) is 7.75. The minimum absolute atomic E-state index is 0.0514. The fraction of sp³-hybridized carbons (Fsp3) is 0.630. The highest BCUT2D eigenvalue weighted by molar-refractivity contribution is 5.93. The van der Waals surface area contributed by atoms with Gasteiger partial charge in [-0.3, -0.25) is 9.69 Å². The molecule has 8 heteroatoms. The van der Waals surface area contributed by atoms with E-state index >= 15 is 0 Å². The monoisotopic (exact) mass is 477 g/mol. The van der Waals surface area contributed by atoms with Gasteiger partial charge in [0.1, 0.15) is 23.5 Å². The summed E-state index contributed by atoms with van der Waals surface area (Å²) in [6.45, 7) is 13.8. The molecule has 35 heavy (non-hydrogen) atoms. The maximum Gasteiger partial charge on any atom is 0.239 e. The van der Waals surface area contributed by atoms with Crippen molar-refractivity contribution >= 4 is 17.5 Å². The predicted octanol–water partition coefficient (Wildman–Crippen LogP) is 4.46. The Hall–Kier alpha value is -2.92. The average Bonchev–Trinajstić information content (AvgIpc) is 3.08. The summed E-state index contributed by atoms with van der Waals surface area (Å²) in [7, 11) is 0. The van der Waals surface area contributed by atoms with Crippen molar-refractivity contribution in [2.75, 3.05) is 42.9 Å². The molecule has 1 saturated heterocycles. The number of carbonyl (C=O) groups is 1. The van der Waals surface area contributed by atoms with E-state index in [-0.39, 0.29) is 11.8 Å². The van der Waals surface area contributed by atoms with Gasteiger partial charge in [0.25, 0.3) is 0 Å². The Balaban J connectivity index is 1.41. The molecule has 1 amide bonds. The van der Waals surface area contributed by atoms with Gasteiger partial charge in [0, 0.05) is 55.6 Å². The molecular formula is C27H39N7O. The topological polar surface area (TPSA) is 90.1 Å². The van der Waals surface area contributed by atoms with Crippen molar-refractivity contribution in [1.29, 1.82) is 5.26 Å². The second-order valence-electron chi connectivity index (χ2n) is 10.4. The molecule has 1 N–H and O–H groups in total. The molecule has 188 valence electrons. The largest absolute Gasteiger partial charge is 0.354 e. The van der Waals surface area contributed by atoms with E-state index in [0.29, 0.717) is 24.0 Å². The first-order valence-corrected chi connectivity index (χ1v) is 13.0. The second kappa shape index (κ2) is 10.8. The zero-order chi connectivity index (χ0) is 25.1. The van der Waals surface area contributed by atoms with Crippen molar-refractivity contribution in [3.8, 4) is 6.07 Å². The predicted molar refractivity (Wildman–Crippen MR) is 139 cm³/mol. The molecule has 0 bridgehead atoms. The molecular weight excluding hydrogens is 438 g/mol. The van der Waals surface area contributed by atoms with Crippen LogP contribution in [0.3, 0.4) is 0 Å². The molecule has 0 spiro atoms. The summed E-state index contributed by atoms with van der Waals surface area (Å²) in [5, 5.41) is 13.0. The van der Waals surface area contributed by atoms with Crippen LogP contribution in [-0.2, 0) is 4.79 Å². The zero-order valence-corrected chi connectivity index (χ0v) is 21.9. The van der Waals surface area contributed by atoms with Crippen LogP contribution < -0.4 is 10.2 Å². The van der Waals surface area contributed by atoms with Crippen molar-refractivity contribution in [2.24, 2.45) is 0 Å². The molecule has 4 rings (SSSR count). The van der Waals surface area contributed by atoms with Crippen molar-refractivity contribution in [2.45, 2.75) is 78.7 Å². The fourth-order valence-electron chi connectivity index (χ4n) is 5.39. The number of hydrogen-bond acceptors (Lipinski definition) is 6. The lowest BCUT2D eigenvalue weighted by atomic mass is 9.95. The number of aryl methyl sites for hydroxylation is 1. The number of nitriles is 1. The van der Waals surface area contributed by atoms with Crippen LogP contribution in [0.2, 0.25) is 0 Å². The van der Waals surface area contributed by atoms with E-state index in [2.05, 4.69) is 51.5 Å². The summed E-state index contributed by atoms with van der Waals surface area (Å²) in [5.41, 5.74) is 3.66. The number of aromatic nitrogens is 3. The summed E-state index contributed by atoms with van der Waals surface area (Å²) < 4.78 is 2.23. The lowest BCUT2D eigenvalue weighted by Gasteiger charge is -2.35. The Labute approximate surface area is 209 Å². The van der Waals surface area contributed by atoms with Crippen molar-refractivity contribution in [3.05, 3.63) is 34.4 Å². The summed E-state index contributed by atoms with van der Waals surface area (Å²) in [6, 6.07) is 4.75. The van der Waals surface area contributed by atoms with E-state index in [1.165, 1.54) is 19.3 Å². The van der Waals surface area contributed by atoms with Gasteiger partial charge in [-0.15, -0.1) is 0 Å². The Morgan fingerprint density at radius 3 is 2.43 bits per heavy atom. The number of carbonyl (C=O) groups excluding carboxylic acids is 1. The first-order chi connectivity index (χ1) is 16.8. The molecule has 2 aromatic heterocycles. The van der Waals surface area contributed by atoms with Crippen molar-refractivity contribution in [3.63, 3.8) is 0 Å². The number of anilines is 2. The summed E-state index contributed by atoms with van der Waals surface area (Å²) in [4.78, 5) is 26.9. The SMILES string of the molecule is Cc1cc(N2CCN(CC(=O)Nc3c(C#N)c(C)c(C)n3C3CCCCC3)CC2)nc(C(C)C)n1. The van der Waals surface area contributed by atoms with Gasteiger partial charge in [0.05, 0.1) is 12.1 Å². The number of nitrogens with zero attached hydrogens (tertiary/aromatic N) is 6. The van der Waals surface area contributed by atoms with Crippen LogP contribution >= 0.6 is 0 Å². The lowest BCUT2D eigenvalue weighted by Crippen LogP contribution is -2.49. The van der Waals surface area contributed by atoms with E-state index in [0.717, 1.165) is 67.6 Å². The van der Waals surface area contributed by atoms with Gasteiger partial charge in [0.15, 0.2) is 0 Å². The molecule has 0 atom stereocenters. The molecule has 0 radical (unpaired) electrons. The quantitative estimate of drug-likeness (QED) is 0.660. The molecule has 3 heterocycles. The molecule has 0 aromatic carbocycles. The standard InChI is InChI=1S/C27H39N7O/c1-18(2)26-29-19(3)15-24(30-26)33-13-11-32(12-14-33)17-25(35)31-27-23(16-28)20(4)21(5)34(27)22-9-7-6-8-10-22/h15,18,22H,6-14,17H2,1-5H3,(H,31,35). The van der Waals surface area contributed by atoms with Crippen LogP contribution in [0, 0.1) is 32.1 Å². The maximum absolute atomic E-state index is 13.1. The Morgan fingerprint density at radius 2 is 1.80 bits per heavy atom. The molecule has 2 fully saturated rings. The molecule has 2 aliphatic rings. The van der Waals surface area contributed by atoms with Crippen LogP contribution in [0.5, 0.6) is 0 Å². The average molecular weight is 478 g/mol. The van der Waals surface area contributed by atoms with Crippen LogP contribution in [0.15, 0.2) is 6.07 Å². The van der Waals surface area contributed by atoms with Gasteiger partial charge in [-0.05, 0) is 39.2 Å². The smallest absolute Gasteiger partial charge is 0.239 e. The third-order valence-corrected chi connectivity index (χ3v) is 7.50. The van der Waals surface area contributed by atoms with Gasteiger partial charge >= 0.3 is 0 Å². The van der Waals surface area contributed by atoms with E-state index in [4.69, 9.17) is 4.98 Å². The molecule has 1 aliphatic heterocycles. The summed E-state index contributed by atoms with van der Waals surface area (Å²) in [6.07, 6.45) is 5.87. The van der Waals surface area contributed by atoms with Gasteiger partial charge in [0.2, 0.25) is 5.91 Å². The lowest BCUT2D eigenvalue weighted by molar-refractivity contribution is -0.117. The van der Waals surface area contributed by atoms with E-state index in [9.17, 15) is 10.1 Å². The van der Waals surface area contributed by atoms with Crippen LogP contribution in [0.4, 0.5) is 11.6 Å². The Morgan fingerprint density at radius 1 is 1.11 bits per heavy atom. The highest BCUT2D eigenvalue weighted by Gasteiger charge is 2.27. The summed E-state index contributed by atoms with van der Waals surface area (Å²) >= 11 is 0. The Bertz CT molecular complexity index is 1100. The van der Waals surface area contributed by atoms with Crippen LogP contribution in [-0.4, -0.2) is 58.1 Å². The molecule has 1 aliphatic carbocycles. The number of hydrogen-bond donors (Lipinski definition) is 1. The molecule has 2 aromatic rings. The minimum Gasteiger partial charge on any atom is -0.354 e. The van der Waals surface area contributed by atoms with E-state index in [1.54, 1.807) is 0 Å². The van der Waals surface area contributed by atoms with E-state index < -0.39 is 0 Å². The van der Waals surface area contributed by atoms with Crippen LogP contribution in [0.1, 0.15) is 86.3 Å².